The summed E-state index contributed by atoms with van der Waals surface area (Å²) >= 11 is 0. The normalized spacial score (nSPS) is 10.0. The van der Waals surface area contributed by atoms with Crippen molar-refractivity contribution in [1.82, 2.24) is 0 Å². The van der Waals surface area contributed by atoms with Crippen LogP contribution >= 0.6 is 0 Å². The van der Waals surface area contributed by atoms with E-state index in [-0.39, 0.29) is 12.0 Å². The van der Waals surface area contributed by atoms with Gasteiger partial charge in [-0.25, -0.2) is 9.59 Å². The lowest BCUT2D eigenvalue weighted by Crippen LogP contribution is -2.34. The Morgan fingerprint density at radius 2 is 1.65 bits per heavy atom. The van der Waals surface area contributed by atoms with Gasteiger partial charge < -0.3 is 10.1 Å². The summed E-state index contributed by atoms with van der Waals surface area (Å²) in [5.74, 6) is -0.371. The van der Waals surface area contributed by atoms with Crippen molar-refractivity contribution in [3.05, 3.63) is 60.2 Å². The highest BCUT2D eigenvalue weighted by Crippen LogP contribution is 2.16. The van der Waals surface area contributed by atoms with Crippen LogP contribution in [0.1, 0.15) is 24.2 Å². The van der Waals surface area contributed by atoms with Crippen LogP contribution in [0.5, 0.6) is 0 Å². The van der Waals surface area contributed by atoms with Crippen LogP contribution in [0.25, 0.3) is 0 Å². The molecule has 0 aliphatic heterocycles. The molecule has 0 saturated heterocycles. The van der Waals surface area contributed by atoms with Crippen molar-refractivity contribution >= 4 is 23.4 Å². The van der Waals surface area contributed by atoms with E-state index in [1.807, 2.05) is 37.3 Å². The number of carbonyl (C=O) groups is 2. The second-order valence-electron chi connectivity index (χ2n) is 4.81. The summed E-state index contributed by atoms with van der Waals surface area (Å²) in [6, 6.07) is 15.9. The van der Waals surface area contributed by atoms with Gasteiger partial charge in [0.05, 0.1) is 12.2 Å². The third kappa shape index (κ3) is 4.32. The number of nitrogens with one attached hydrogen (secondary N) is 1. The molecular weight excluding hydrogens is 292 g/mol. The fourth-order valence-corrected chi connectivity index (χ4v) is 2.15. The van der Waals surface area contributed by atoms with Gasteiger partial charge in [-0.05, 0) is 50.2 Å². The number of hydrogen-bond acceptors (Lipinski definition) is 3. The van der Waals surface area contributed by atoms with E-state index in [4.69, 9.17) is 4.74 Å². The number of anilines is 2. The molecule has 1 N–H and O–H groups in total. The Bertz CT molecular complexity index is 654. The summed E-state index contributed by atoms with van der Waals surface area (Å²) < 4.78 is 4.93. The van der Waals surface area contributed by atoms with Gasteiger partial charge in [0.2, 0.25) is 0 Å². The molecule has 0 bridgehead atoms. The van der Waals surface area contributed by atoms with Gasteiger partial charge in [0.1, 0.15) is 0 Å². The van der Waals surface area contributed by atoms with E-state index in [9.17, 15) is 9.59 Å². The predicted molar refractivity (Wildman–Crippen MR) is 90.9 cm³/mol. The van der Waals surface area contributed by atoms with E-state index in [0.717, 1.165) is 5.69 Å². The zero-order valence-electron chi connectivity index (χ0n) is 13.3. The second-order valence-corrected chi connectivity index (χ2v) is 4.81. The molecule has 5 heteroatoms. The van der Waals surface area contributed by atoms with Crippen LogP contribution in [0, 0.1) is 0 Å². The van der Waals surface area contributed by atoms with Crippen molar-refractivity contribution in [2.75, 3.05) is 23.4 Å². The average molecular weight is 312 g/mol. The van der Waals surface area contributed by atoms with E-state index < -0.39 is 0 Å². The fourth-order valence-electron chi connectivity index (χ4n) is 2.15. The standard InChI is InChI=1S/C18H20N2O3/c1-3-20(16-8-6-5-7-9-16)18(22)19-15-12-10-14(11-13-15)17(21)23-4-2/h5-13H,3-4H2,1-2H3,(H,19,22). The summed E-state index contributed by atoms with van der Waals surface area (Å²) in [6.45, 7) is 4.56. The first kappa shape index (κ1) is 16.5. The van der Waals surface area contributed by atoms with Crippen molar-refractivity contribution in [2.24, 2.45) is 0 Å². The quantitative estimate of drug-likeness (QED) is 0.851. The highest BCUT2D eigenvalue weighted by atomic mass is 16.5. The molecule has 0 heterocycles. The number of rotatable bonds is 5. The Balaban J connectivity index is 2.06. The first-order valence-corrected chi connectivity index (χ1v) is 7.56. The Morgan fingerprint density at radius 1 is 1.00 bits per heavy atom. The highest BCUT2D eigenvalue weighted by Gasteiger charge is 2.14. The van der Waals surface area contributed by atoms with E-state index in [2.05, 4.69) is 5.32 Å². The van der Waals surface area contributed by atoms with Gasteiger partial charge in [0.15, 0.2) is 0 Å². The molecule has 2 aromatic rings. The van der Waals surface area contributed by atoms with Gasteiger partial charge in [0, 0.05) is 17.9 Å². The topological polar surface area (TPSA) is 58.6 Å². The van der Waals surface area contributed by atoms with Crippen LogP contribution < -0.4 is 10.2 Å². The first-order valence-electron chi connectivity index (χ1n) is 7.56. The largest absolute Gasteiger partial charge is 0.462 e. The molecule has 0 saturated carbocycles. The third-order valence-corrected chi connectivity index (χ3v) is 3.28. The number of para-hydroxylation sites is 1. The number of urea groups is 1. The molecule has 23 heavy (non-hydrogen) atoms. The molecule has 2 aromatic carbocycles. The molecule has 0 aliphatic rings. The molecule has 2 rings (SSSR count). The molecule has 0 aromatic heterocycles. The number of nitrogens with zero attached hydrogens (tertiary/aromatic N) is 1. The van der Waals surface area contributed by atoms with Crippen LogP contribution in [0.4, 0.5) is 16.2 Å². The highest BCUT2D eigenvalue weighted by molar-refractivity contribution is 6.02. The van der Waals surface area contributed by atoms with Crippen molar-refractivity contribution in [1.29, 1.82) is 0 Å². The number of hydrogen-bond donors (Lipinski definition) is 1. The number of amides is 2. The van der Waals surface area contributed by atoms with Crippen molar-refractivity contribution < 1.29 is 14.3 Å². The Labute approximate surface area is 135 Å². The minimum Gasteiger partial charge on any atom is -0.462 e. The van der Waals surface area contributed by atoms with Gasteiger partial charge in [0.25, 0.3) is 0 Å². The minimum atomic E-state index is -0.371. The number of carbonyl (C=O) groups excluding carboxylic acids is 2. The smallest absolute Gasteiger partial charge is 0.338 e. The van der Waals surface area contributed by atoms with E-state index in [0.29, 0.717) is 24.4 Å². The van der Waals surface area contributed by atoms with Crippen molar-refractivity contribution in [3.8, 4) is 0 Å². The maximum atomic E-state index is 12.4. The van der Waals surface area contributed by atoms with Crippen LogP contribution in [-0.4, -0.2) is 25.2 Å². The molecular formula is C18H20N2O3. The summed E-state index contributed by atoms with van der Waals surface area (Å²) in [4.78, 5) is 25.6. The lowest BCUT2D eigenvalue weighted by molar-refractivity contribution is 0.0526. The number of esters is 1. The third-order valence-electron chi connectivity index (χ3n) is 3.28. The molecule has 0 radical (unpaired) electrons. The molecule has 120 valence electrons. The Kier molecular flexibility index (Phi) is 5.74. The molecule has 0 spiro atoms. The fraction of sp³-hybridized carbons (Fsp3) is 0.222. The van der Waals surface area contributed by atoms with E-state index >= 15 is 0 Å². The average Bonchev–Trinajstić information content (AvgIpc) is 2.57. The summed E-state index contributed by atoms with van der Waals surface area (Å²) in [6.07, 6.45) is 0. The summed E-state index contributed by atoms with van der Waals surface area (Å²) in [7, 11) is 0. The van der Waals surface area contributed by atoms with Crippen LogP contribution in [-0.2, 0) is 4.74 Å². The van der Waals surface area contributed by atoms with Gasteiger partial charge in [-0.3, -0.25) is 4.90 Å². The molecule has 0 aliphatic carbocycles. The lowest BCUT2D eigenvalue weighted by atomic mass is 10.2. The van der Waals surface area contributed by atoms with E-state index in [1.165, 1.54) is 0 Å². The Hall–Kier alpha value is -2.82. The molecule has 5 nitrogen and oxygen atoms in total. The van der Waals surface area contributed by atoms with Gasteiger partial charge >= 0.3 is 12.0 Å². The maximum Gasteiger partial charge on any atom is 0.338 e. The Morgan fingerprint density at radius 3 is 2.22 bits per heavy atom. The maximum absolute atomic E-state index is 12.4. The molecule has 2 amide bonds. The molecule has 0 atom stereocenters. The predicted octanol–water partition coefficient (Wildman–Crippen LogP) is 3.92. The van der Waals surface area contributed by atoms with Crippen LogP contribution in [0.15, 0.2) is 54.6 Å². The molecule has 0 unspecified atom stereocenters. The zero-order valence-corrected chi connectivity index (χ0v) is 13.3. The second kappa shape index (κ2) is 7.98. The zero-order chi connectivity index (χ0) is 16.7. The lowest BCUT2D eigenvalue weighted by Gasteiger charge is -2.21. The summed E-state index contributed by atoms with van der Waals surface area (Å²) in [5.41, 5.74) is 1.91. The first-order chi connectivity index (χ1) is 11.2. The van der Waals surface area contributed by atoms with Crippen molar-refractivity contribution in [2.45, 2.75) is 13.8 Å². The van der Waals surface area contributed by atoms with Gasteiger partial charge in [-0.1, -0.05) is 18.2 Å². The summed E-state index contributed by atoms with van der Waals surface area (Å²) in [5, 5.41) is 2.82. The number of benzene rings is 2. The number of ether oxygens (including phenoxy) is 1. The van der Waals surface area contributed by atoms with Crippen LogP contribution in [0.3, 0.4) is 0 Å². The van der Waals surface area contributed by atoms with Crippen LogP contribution in [0.2, 0.25) is 0 Å². The molecule has 0 fully saturated rings. The van der Waals surface area contributed by atoms with E-state index in [1.54, 1.807) is 36.1 Å². The monoisotopic (exact) mass is 312 g/mol. The van der Waals surface area contributed by atoms with Crippen molar-refractivity contribution in [3.63, 3.8) is 0 Å². The van der Waals surface area contributed by atoms with Gasteiger partial charge in [-0.2, -0.15) is 0 Å². The minimum absolute atomic E-state index is 0.220. The SMILES string of the molecule is CCOC(=O)c1ccc(NC(=O)N(CC)c2ccccc2)cc1. The van der Waals surface area contributed by atoms with Gasteiger partial charge in [-0.15, -0.1) is 0 Å².